The summed E-state index contributed by atoms with van der Waals surface area (Å²) in [5, 5.41) is 0. The quantitative estimate of drug-likeness (QED) is 0.466. The molecule has 2 heteroatoms. The van der Waals surface area contributed by atoms with Crippen LogP contribution in [0.15, 0.2) is 58.6 Å². The molecule has 0 aliphatic carbocycles. The molecule has 0 radical (unpaired) electrons. The van der Waals surface area contributed by atoms with Crippen molar-refractivity contribution < 1.29 is 0 Å². The van der Waals surface area contributed by atoms with E-state index in [4.69, 9.17) is 0 Å². The molecule has 0 unspecified atom stereocenters. The van der Waals surface area contributed by atoms with E-state index in [-0.39, 0.29) is 0 Å². The smallest absolute Gasteiger partial charge is 0.129 e. The third kappa shape index (κ3) is 12.3. The van der Waals surface area contributed by atoms with Crippen molar-refractivity contribution in [3.8, 4) is 0 Å². The van der Waals surface area contributed by atoms with Crippen LogP contribution in [0.4, 0.5) is 0 Å². The number of rotatable bonds is 6. The molecule has 15 heavy (non-hydrogen) atoms. The lowest BCUT2D eigenvalue weighted by molar-refractivity contribution is 1.09. The Labute approximate surface area is 92.2 Å². The van der Waals surface area contributed by atoms with Gasteiger partial charge >= 0.3 is 0 Å². The van der Waals surface area contributed by atoms with Crippen molar-refractivity contribution in [1.29, 1.82) is 0 Å². The van der Waals surface area contributed by atoms with Crippen molar-refractivity contribution in [2.75, 3.05) is 6.67 Å². The second-order valence-corrected chi connectivity index (χ2v) is 2.63. The van der Waals surface area contributed by atoms with Gasteiger partial charge in [-0.1, -0.05) is 36.5 Å². The Morgan fingerprint density at radius 3 is 1.53 bits per heavy atom. The minimum absolute atomic E-state index is 0.473. The van der Waals surface area contributed by atoms with E-state index in [9.17, 15) is 0 Å². The summed E-state index contributed by atoms with van der Waals surface area (Å²) in [6.45, 7) is 4.42. The molecule has 0 rings (SSSR count). The monoisotopic (exact) mass is 202 g/mol. The maximum absolute atomic E-state index is 4.07. The molecule has 0 aromatic carbocycles. The van der Waals surface area contributed by atoms with Gasteiger partial charge in [-0.15, -0.1) is 0 Å². The molecule has 0 heterocycles. The Balaban J connectivity index is 3.60. The predicted molar refractivity (Wildman–Crippen MR) is 69.8 cm³/mol. The molecule has 0 aromatic heterocycles. The maximum atomic E-state index is 4.07. The van der Waals surface area contributed by atoms with Crippen LogP contribution in [0.5, 0.6) is 0 Å². The average Bonchev–Trinajstić information content (AvgIpc) is 2.26. The third-order valence-corrected chi connectivity index (χ3v) is 1.38. The molecule has 0 fully saturated rings. The van der Waals surface area contributed by atoms with E-state index in [1.165, 1.54) is 0 Å². The highest BCUT2D eigenvalue weighted by Crippen LogP contribution is 1.77. The van der Waals surface area contributed by atoms with Gasteiger partial charge in [-0.05, 0) is 26.0 Å². The van der Waals surface area contributed by atoms with Crippen molar-refractivity contribution in [2.24, 2.45) is 9.98 Å². The molecule has 0 amide bonds. The first kappa shape index (κ1) is 13.3. The van der Waals surface area contributed by atoms with Crippen molar-refractivity contribution >= 4 is 12.4 Å². The van der Waals surface area contributed by atoms with E-state index in [0.717, 1.165) is 0 Å². The van der Waals surface area contributed by atoms with Gasteiger partial charge in [0.15, 0.2) is 0 Å². The zero-order valence-corrected chi connectivity index (χ0v) is 9.38. The van der Waals surface area contributed by atoms with E-state index in [0.29, 0.717) is 6.67 Å². The lowest BCUT2D eigenvalue weighted by atomic mass is 10.4. The second-order valence-electron chi connectivity index (χ2n) is 2.63. The molecule has 0 saturated heterocycles. The van der Waals surface area contributed by atoms with Crippen LogP contribution in [0.25, 0.3) is 0 Å². The molecule has 0 bridgehead atoms. The highest BCUT2D eigenvalue weighted by Gasteiger charge is 1.67. The summed E-state index contributed by atoms with van der Waals surface area (Å²) in [5.74, 6) is 0. The maximum Gasteiger partial charge on any atom is 0.129 e. The first-order valence-electron chi connectivity index (χ1n) is 4.97. The number of hydrogen-bond acceptors (Lipinski definition) is 2. The second kappa shape index (κ2) is 12.3. The number of nitrogens with zero attached hydrogens (tertiary/aromatic N) is 2. The molecular formula is C13H18N2. The fourth-order valence-corrected chi connectivity index (χ4v) is 0.713. The highest BCUT2D eigenvalue weighted by atomic mass is 14.9. The molecular weight excluding hydrogens is 184 g/mol. The van der Waals surface area contributed by atoms with Crippen molar-refractivity contribution in [3.63, 3.8) is 0 Å². The molecule has 0 atom stereocenters. The standard InChI is InChI=1S/C13H18N2/c1-3-5-7-9-11-14-13-15-12-10-8-6-4-2/h3-12H,13H2,1-2H3/b5-3-,6-4-,9-7-,10-8-,14-11+,15-12+. The molecule has 80 valence electrons. The van der Waals surface area contributed by atoms with E-state index >= 15 is 0 Å². The van der Waals surface area contributed by atoms with Gasteiger partial charge in [-0.2, -0.15) is 0 Å². The fourth-order valence-electron chi connectivity index (χ4n) is 0.713. The Hall–Kier alpha value is -1.70. The summed E-state index contributed by atoms with van der Waals surface area (Å²) in [5.41, 5.74) is 0. The zero-order valence-electron chi connectivity index (χ0n) is 9.38. The molecule has 0 N–H and O–H groups in total. The fraction of sp³-hybridized carbons (Fsp3) is 0.231. The van der Waals surface area contributed by atoms with E-state index in [1.54, 1.807) is 12.4 Å². The summed E-state index contributed by atoms with van der Waals surface area (Å²) in [6, 6.07) is 0. The topological polar surface area (TPSA) is 24.7 Å². The highest BCUT2D eigenvalue weighted by molar-refractivity contribution is 5.73. The molecule has 0 saturated carbocycles. The largest absolute Gasteiger partial charge is 0.270 e. The van der Waals surface area contributed by atoms with E-state index in [2.05, 4.69) is 9.98 Å². The Morgan fingerprint density at radius 2 is 1.13 bits per heavy atom. The van der Waals surface area contributed by atoms with Gasteiger partial charge in [0, 0.05) is 12.4 Å². The first-order chi connectivity index (χ1) is 7.41. The van der Waals surface area contributed by atoms with Crippen molar-refractivity contribution in [2.45, 2.75) is 13.8 Å². The third-order valence-electron chi connectivity index (χ3n) is 1.38. The molecule has 0 spiro atoms. The van der Waals surface area contributed by atoms with Gasteiger partial charge in [-0.3, -0.25) is 9.98 Å². The van der Waals surface area contributed by atoms with Gasteiger partial charge in [0.05, 0.1) is 0 Å². The summed E-state index contributed by atoms with van der Waals surface area (Å²) in [4.78, 5) is 8.13. The minimum atomic E-state index is 0.473. The Kier molecular flexibility index (Phi) is 10.9. The van der Waals surface area contributed by atoms with Crippen LogP contribution in [0.3, 0.4) is 0 Å². The molecule has 0 aliphatic heterocycles. The summed E-state index contributed by atoms with van der Waals surface area (Å²) < 4.78 is 0. The molecule has 2 nitrogen and oxygen atoms in total. The van der Waals surface area contributed by atoms with Gasteiger partial charge in [-0.25, -0.2) is 0 Å². The van der Waals surface area contributed by atoms with Gasteiger partial charge < -0.3 is 0 Å². The van der Waals surface area contributed by atoms with Crippen LogP contribution < -0.4 is 0 Å². The van der Waals surface area contributed by atoms with Crippen LogP contribution in [0.1, 0.15) is 13.8 Å². The van der Waals surface area contributed by atoms with Gasteiger partial charge in [0.2, 0.25) is 0 Å². The average molecular weight is 202 g/mol. The first-order valence-corrected chi connectivity index (χ1v) is 4.97. The van der Waals surface area contributed by atoms with E-state index < -0.39 is 0 Å². The number of hydrogen-bond donors (Lipinski definition) is 0. The van der Waals surface area contributed by atoms with Gasteiger partial charge in [0.25, 0.3) is 0 Å². The summed E-state index contributed by atoms with van der Waals surface area (Å²) in [6.07, 6.45) is 18.9. The summed E-state index contributed by atoms with van der Waals surface area (Å²) in [7, 11) is 0. The minimum Gasteiger partial charge on any atom is -0.270 e. The SMILES string of the molecule is C\C=C/C=C\C=N\C/N=C/C=C\C=C/C. The Bertz CT molecular complexity index is 262. The van der Waals surface area contributed by atoms with Crippen LogP contribution in [0, 0.1) is 0 Å². The summed E-state index contributed by atoms with van der Waals surface area (Å²) >= 11 is 0. The van der Waals surface area contributed by atoms with Crippen LogP contribution in [-0.4, -0.2) is 19.1 Å². The number of aliphatic imine (C=N–C) groups is 2. The van der Waals surface area contributed by atoms with Crippen molar-refractivity contribution in [3.05, 3.63) is 48.6 Å². The lowest BCUT2D eigenvalue weighted by Gasteiger charge is -1.80. The molecule has 0 aromatic rings. The Morgan fingerprint density at radius 1 is 0.667 bits per heavy atom. The van der Waals surface area contributed by atoms with Crippen LogP contribution in [0.2, 0.25) is 0 Å². The van der Waals surface area contributed by atoms with Crippen LogP contribution >= 0.6 is 0 Å². The normalized spacial score (nSPS) is 14.0. The molecule has 0 aliphatic rings. The lowest BCUT2D eigenvalue weighted by Crippen LogP contribution is -1.74. The van der Waals surface area contributed by atoms with Gasteiger partial charge in [0.1, 0.15) is 6.67 Å². The van der Waals surface area contributed by atoms with Crippen molar-refractivity contribution in [1.82, 2.24) is 0 Å². The number of allylic oxidation sites excluding steroid dienone is 8. The van der Waals surface area contributed by atoms with E-state index in [1.807, 2.05) is 62.5 Å². The predicted octanol–water partition coefficient (Wildman–Crippen LogP) is 3.35. The zero-order chi connectivity index (χ0) is 11.2. The van der Waals surface area contributed by atoms with Crippen LogP contribution in [-0.2, 0) is 0 Å².